The second kappa shape index (κ2) is 4.35. The molecule has 0 unspecified atom stereocenters. The molecular formula is C14H13FN4. The monoisotopic (exact) mass is 256 g/mol. The van der Waals surface area contributed by atoms with Crippen LogP contribution in [0.5, 0.6) is 0 Å². The van der Waals surface area contributed by atoms with Gasteiger partial charge >= 0.3 is 0 Å². The predicted octanol–water partition coefficient (Wildman–Crippen LogP) is 2.72. The number of hydrogen-bond donors (Lipinski definition) is 0. The van der Waals surface area contributed by atoms with Crippen LogP contribution in [0.25, 0.3) is 16.9 Å². The van der Waals surface area contributed by atoms with Gasteiger partial charge in [-0.1, -0.05) is 0 Å². The van der Waals surface area contributed by atoms with Crippen LogP contribution in [-0.2, 0) is 7.05 Å². The van der Waals surface area contributed by atoms with Gasteiger partial charge in [-0.3, -0.25) is 4.68 Å². The van der Waals surface area contributed by atoms with Crippen LogP contribution >= 0.6 is 0 Å². The van der Waals surface area contributed by atoms with E-state index in [0.717, 1.165) is 22.5 Å². The second-order valence-corrected chi connectivity index (χ2v) is 4.48. The van der Waals surface area contributed by atoms with Gasteiger partial charge in [0.05, 0.1) is 17.6 Å². The highest BCUT2D eigenvalue weighted by molar-refractivity contribution is 5.61. The van der Waals surface area contributed by atoms with Crippen LogP contribution in [0.4, 0.5) is 4.39 Å². The van der Waals surface area contributed by atoms with Crippen molar-refractivity contribution >= 4 is 0 Å². The third-order valence-electron chi connectivity index (χ3n) is 2.97. The molecule has 0 amide bonds. The smallest absolute Gasteiger partial charge is 0.123 e. The molecule has 4 nitrogen and oxygen atoms in total. The first-order chi connectivity index (χ1) is 9.13. The Balaban J connectivity index is 2.04. The molecule has 5 heteroatoms. The fourth-order valence-electron chi connectivity index (χ4n) is 2.02. The Morgan fingerprint density at radius 3 is 2.47 bits per heavy atom. The van der Waals surface area contributed by atoms with Crippen molar-refractivity contribution < 1.29 is 4.39 Å². The van der Waals surface area contributed by atoms with E-state index in [-0.39, 0.29) is 5.82 Å². The Morgan fingerprint density at radius 2 is 1.84 bits per heavy atom. The van der Waals surface area contributed by atoms with Crippen LogP contribution in [0, 0.1) is 12.7 Å². The van der Waals surface area contributed by atoms with Crippen molar-refractivity contribution in [3.8, 4) is 16.9 Å². The van der Waals surface area contributed by atoms with E-state index in [4.69, 9.17) is 0 Å². The number of hydrogen-bond acceptors (Lipinski definition) is 2. The third kappa shape index (κ3) is 2.14. The third-order valence-corrected chi connectivity index (χ3v) is 2.97. The van der Waals surface area contributed by atoms with Gasteiger partial charge in [-0.15, -0.1) is 0 Å². The molecule has 3 rings (SSSR count). The standard InChI is InChI=1S/C14H13FN4/c1-10-8-19(13-5-3-12(15)4-6-13)17-14(10)11-7-16-18(2)9-11/h3-9H,1-2H3. The summed E-state index contributed by atoms with van der Waals surface area (Å²) < 4.78 is 16.4. The van der Waals surface area contributed by atoms with Crippen molar-refractivity contribution in [2.75, 3.05) is 0 Å². The van der Waals surface area contributed by atoms with Crippen molar-refractivity contribution in [3.05, 3.63) is 54.2 Å². The number of aryl methyl sites for hydroxylation is 2. The molecule has 0 aliphatic rings. The molecule has 0 spiro atoms. The number of nitrogens with zero attached hydrogens (tertiary/aromatic N) is 4. The van der Waals surface area contributed by atoms with Crippen LogP contribution in [0.1, 0.15) is 5.56 Å². The number of aromatic nitrogens is 4. The van der Waals surface area contributed by atoms with Crippen LogP contribution in [0.15, 0.2) is 42.9 Å². The lowest BCUT2D eigenvalue weighted by Crippen LogP contribution is -1.94. The van der Waals surface area contributed by atoms with Gasteiger partial charge in [0.15, 0.2) is 0 Å². The minimum atomic E-state index is -0.250. The van der Waals surface area contributed by atoms with Gasteiger partial charge in [0.1, 0.15) is 5.82 Å². The Kier molecular flexibility index (Phi) is 2.67. The topological polar surface area (TPSA) is 35.6 Å². The average molecular weight is 256 g/mol. The molecule has 3 aromatic rings. The maximum absolute atomic E-state index is 12.9. The SMILES string of the molecule is Cc1cn(-c2ccc(F)cc2)nc1-c1cnn(C)c1. The molecule has 0 atom stereocenters. The van der Waals surface area contributed by atoms with Crippen molar-refractivity contribution in [2.45, 2.75) is 6.92 Å². The lowest BCUT2D eigenvalue weighted by molar-refractivity contribution is 0.627. The molecule has 0 bridgehead atoms. The zero-order valence-electron chi connectivity index (χ0n) is 10.7. The zero-order chi connectivity index (χ0) is 13.4. The summed E-state index contributed by atoms with van der Waals surface area (Å²) in [7, 11) is 1.87. The van der Waals surface area contributed by atoms with Gasteiger partial charge in [-0.2, -0.15) is 10.2 Å². The first kappa shape index (κ1) is 11.6. The predicted molar refractivity (Wildman–Crippen MR) is 70.5 cm³/mol. The molecule has 0 saturated heterocycles. The van der Waals surface area contributed by atoms with Gasteiger partial charge in [-0.25, -0.2) is 9.07 Å². The van der Waals surface area contributed by atoms with E-state index < -0.39 is 0 Å². The molecule has 2 heterocycles. The highest BCUT2D eigenvalue weighted by Gasteiger charge is 2.10. The van der Waals surface area contributed by atoms with Gasteiger partial charge in [0, 0.05) is 25.0 Å². The lowest BCUT2D eigenvalue weighted by atomic mass is 10.2. The van der Waals surface area contributed by atoms with E-state index >= 15 is 0 Å². The largest absolute Gasteiger partial charge is 0.275 e. The molecular weight excluding hydrogens is 243 g/mol. The number of halogens is 1. The van der Waals surface area contributed by atoms with Crippen LogP contribution in [-0.4, -0.2) is 19.6 Å². The lowest BCUT2D eigenvalue weighted by Gasteiger charge is -2.00. The summed E-state index contributed by atoms with van der Waals surface area (Å²) in [6.07, 6.45) is 5.63. The Hall–Kier alpha value is -2.43. The van der Waals surface area contributed by atoms with E-state index in [1.165, 1.54) is 12.1 Å². The molecule has 0 radical (unpaired) electrons. The highest BCUT2D eigenvalue weighted by atomic mass is 19.1. The zero-order valence-corrected chi connectivity index (χ0v) is 10.7. The second-order valence-electron chi connectivity index (χ2n) is 4.48. The Bertz CT molecular complexity index is 709. The quantitative estimate of drug-likeness (QED) is 0.706. The fraction of sp³-hybridized carbons (Fsp3) is 0.143. The van der Waals surface area contributed by atoms with E-state index in [9.17, 15) is 4.39 Å². The summed E-state index contributed by atoms with van der Waals surface area (Å²) in [6, 6.07) is 6.26. The normalized spacial score (nSPS) is 10.9. The molecule has 0 aliphatic heterocycles. The van der Waals surface area contributed by atoms with Crippen LogP contribution in [0.2, 0.25) is 0 Å². The Labute approximate surface area is 110 Å². The van der Waals surface area contributed by atoms with E-state index in [1.807, 2.05) is 26.4 Å². The van der Waals surface area contributed by atoms with Crippen molar-refractivity contribution in [1.82, 2.24) is 19.6 Å². The minimum absolute atomic E-state index is 0.250. The van der Waals surface area contributed by atoms with Crippen LogP contribution < -0.4 is 0 Å². The van der Waals surface area contributed by atoms with Crippen molar-refractivity contribution in [3.63, 3.8) is 0 Å². The Morgan fingerprint density at radius 1 is 1.11 bits per heavy atom. The summed E-state index contributed by atoms with van der Waals surface area (Å²) in [6.45, 7) is 2.00. The van der Waals surface area contributed by atoms with Gasteiger partial charge in [0.2, 0.25) is 0 Å². The van der Waals surface area contributed by atoms with E-state index in [0.29, 0.717) is 0 Å². The minimum Gasteiger partial charge on any atom is -0.275 e. The fourth-order valence-corrected chi connectivity index (χ4v) is 2.02. The van der Waals surface area contributed by atoms with E-state index in [1.54, 1.807) is 27.7 Å². The van der Waals surface area contributed by atoms with Crippen molar-refractivity contribution in [2.24, 2.45) is 7.05 Å². The van der Waals surface area contributed by atoms with Gasteiger partial charge in [-0.05, 0) is 36.8 Å². The molecule has 96 valence electrons. The first-order valence-corrected chi connectivity index (χ1v) is 5.95. The molecule has 19 heavy (non-hydrogen) atoms. The van der Waals surface area contributed by atoms with Crippen molar-refractivity contribution in [1.29, 1.82) is 0 Å². The number of benzene rings is 1. The van der Waals surface area contributed by atoms with Crippen LogP contribution in [0.3, 0.4) is 0 Å². The maximum Gasteiger partial charge on any atom is 0.123 e. The molecule has 0 N–H and O–H groups in total. The molecule has 0 saturated carbocycles. The summed E-state index contributed by atoms with van der Waals surface area (Å²) in [4.78, 5) is 0. The summed E-state index contributed by atoms with van der Waals surface area (Å²) in [5.74, 6) is -0.250. The molecule has 0 aliphatic carbocycles. The molecule has 1 aromatic carbocycles. The van der Waals surface area contributed by atoms with Gasteiger partial charge < -0.3 is 0 Å². The summed E-state index contributed by atoms with van der Waals surface area (Å²) in [5.41, 5.74) is 3.75. The van der Waals surface area contributed by atoms with E-state index in [2.05, 4.69) is 10.2 Å². The maximum atomic E-state index is 12.9. The number of rotatable bonds is 2. The molecule has 0 fully saturated rings. The summed E-state index contributed by atoms with van der Waals surface area (Å²) >= 11 is 0. The molecule has 2 aromatic heterocycles. The average Bonchev–Trinajstić information content (AvgIpc) is 2.96. The van der Waals surface area contributed by atoms with Gasteiger partial charge in [0.25, 0.3) is 0 Å². The summed E-state index contributed by atoms with van der Waals surface area (Å²) in [5, 5.41) is 8.68. The highest BCUT2D eigenvalue weighted by Crippen LogP contribution is 2.22. The first-order valence-electron chi connectivity index (χ1n) is 5.95.